The average molecular weight is 437 g/mol. The van der Waals surface area contributed by atoms with Gasteiger partial charge in [0.25, 0.3) is 0 Å². The first-order chi connectivity index (χ1) is 15.7. The van der Waals surface area contributed by atoms with Crippen molar-refractivity contribution in [3.63, 3.8) is 0 Å². The minimum absolute atomic E-state index is 0.191. The molecule has 0 fully saturated rings. The van der Waals surface area contributed by atoms with E-state index in [1.807, 2.05) is 35.3 Å². The Bertz CT molecular complexity index is 1430. The quantitative estimate of drug-likeness (QED) is 0.303. The fraction of sp³-hybridized carbons (Fsp3) is 0.111. The van der Waals surface area contributed by atoms with Crippen LogP contribution < -0.4 is 4.80 Å². The first-order valence-corrected chi connectivity index (χ1v) is 11.6. The van der Waals surface area contributed by atoms with E-state index in [9.17, 15) is 0 Å². The number of H-pyrrole nitrogens is 1. The lowest BCUT2D eigenvalue weighted by atomic mass is 10.0. The lowest BCUT2D eigenvalue weighted by molar-refractivity contribution is 0.755. The Morgan fingerprint density at radius 1 is 0.844 bits per heavy atom. The highest BCUT2D eigenvalue weighted by Crippen LogP contribution is 2.25. The monoisotopic (exact) mass is 436 g/mol. The van der Waals surface area contributed by atoms with E-state index in [2.05, 4.69) is 84.9 Å². The standard InChI is InChI=1S/C27H24N4S/c1-19(2)30-27-31(29-17-23-16-28-25-11-7-6-10-24(23)25)26(18-32-27)22-14-12-21(13-15-22)20-8-4-3-5-9-20/h3-19,28H,1-2H3/b29-17+,30-27?. The van der Waals surface area contributed by atoms with Crippen LogP contribution in [0.5, 0.6) is 0 Å². The molecule has 2 heterocycles. The van der Waals surface area contributed by atoms with Gasteiger partial charge in [-0.15, -0.1) is 11.3 Å². The van der Waals surface area contributed by atoms with Gasteiger partial charge >= 0.3 is 0 Å². The van der Waals surface area contributed by atoms with Gasteiger partial charge in [-0.3, -0.25) is 4.99 Å². The van der Waals surface area contributed by atoms with Gasteiger partial charge < -0.3 is 4.98 Å². The molecule has 4 nitrogen and oxygen atoms in total. The van der Waals surface area contributed by atoms with Gasteiger partial charge in [-0.1, -0.05) is 72.8 Å². The predicted octanol–water partition coefficient (Wildman–Crippen LogP) is 6.56. The highest BCUT2D eigenvalue weighted by atomic mass is 32.1. The number of thiazole rings is 1. The zero-order valence-corrected chi connectivity index (χ0v) is 18.9. The maximum absolute atomic E-state index is 4.86. The first kappa shape index (κ1) is 20.2. The van der Waals surface area contributed by atoms with Crippen molar-refractivity contribution in [2.45, 2.75) is 19.9 Å². The Hall–Kier alpha value is -3.70. The van der Waals surface area contributed by atoms with E-state index < -0.39 is 0 Å². The molecule has 0 unspecified atom stereocenters. The minimum atomic E-state index is 0.191. The summed E-state index contributed by atoms with van der Waals surface area (Å²) in [6, 6.07) is 27.5. The number of nitrogens with zero attached hydrogens (tertiary/aromatic N) is 3. The summed E-state index contributed by atoms with van der Waals surface area (Å²) >= 11 is 1.62. The van der Waals surface area contributed by atoms with Crippen LogP contribution in [0.2, 0.25) is 0 Å². The van der Waals surface area contributed by atoms with Gasteiger partial charge in [0.1, 0.15) is 0 Å². The molecular weight excluding hydrogens is 412 g/mol. The fourth-order valence-corrected chi connectivity index (χ4v) is 4.67. The molecule has 0 aliphatic carbocycles. The molecule has 3 aromatic carbocycles. The molecule has 2 aromatic heterocycles. The van der Waals surface area contributed by atoms with E-state index in [0.29, 0.717) is 0 Å². The molecule has 158 valence electrons. The van der Waals surface area contributed by atoms with E-state index in [-0.39, 0.29) is 6.04 Å². The maximum atomic E-state index is 4.86. The van der Waals surface area contributed by atoms with Crippen molar-refractivity contribution < 1.29 is 0 Å². The summed E-state index contributed by atoms with van der Waals surface area (Å²) in [4.78, 5) is 8.99. The van der Waals surface area contributed by atoms with Crippen molar-refractivity contribution in [1.29, 1.82) is 0 Å². The Kier molecular flexibility index (Phi) is 5.57. The minimum Gasteiger partial charge on any atom is -0.361 e. The Labute approximate surface area is 191 Å². The van der Waals surface area contributed by atoms with Crippen molar-refractivity contribution in [2.75, 3.05) is 0 Å². The molecule has 0 aliphatic rings. The molecule has 0 aliphatic heterocycles. The highest BCUT2D eigenvalue weighted by Gasteiger charge is 2.09. The molecule has 0 spiro atoms. The van der Waals surface area contributed by atoms with Crippen molar-refractivity contribution in [1.82, 2.24) is 9.66 Å². The molecule has 32 heavy (non-hydrogen) atoms. The second-order valence-corrected chi connectivity index (χ2v) is 8.75. The first-order valence-electron chi connectivity index (χ1n) is 10.7. The SMILES string of the molecule is CC(C)N=c1scc(-c2ccc(-c3ccccc3)cc2)n1/N=C/c1c[nH]c2ccccc12. The van der Waals surface area contributed by atoms with E-state index >= 15 is 0 Å². The number of benzene rings is 3. The second kappa shape index (κ2) is 8.81. The number of rotatable bonds is 5. The Balaban J connectivity index is 1.56. The number of hydrogen-bond acceptors (Lipinski definition) is 3. The molecular formula is C27H24N4S. The molecule has 0 saturated heterocycles. The lowest BCUT2D eigenvalue weighted by Crippen LogP contribution is -2.14. The molecule has 5 heteroatoms. The van der Waals surface area contributed by atoms with Crippen molar-refractivity contribution in [3.8, 4) is 22.4 Å². The van der Waals surface area contributed by atoms with Gasteiger partial charge in [0.15, 0.2) is 0 Å². The van der Waals surface area contributed by atoms with Gasteiger partial charge in [-0.25, -0.2) is 4.68 Å². The van der Waals surface area contributed by atoms with E-state index in [1.54, 1.807) is 11.3 Å². The highest BCUT2D eigenvalue weighted by molar-refractivity contribution is 7.07. The number of aromatic amines is 1. The van der Waals surface area contributed by atoms with Crippen molar-refractivity contribution in [2.24, 2.45) is 10.1 Å². The molecule has 0 atom stereocenters. The average Bonchev–Trinajstić information content (AvgIpc) is 3.42. The zero-order valence-electron chi connectivity index (χ0n) is 18.1. The Morgan fingerprint density at radius 2 is 1.53 bits per heavy atom. The molecule has 5 rings (SSSR count). The molecule has 5 aromatic rings. The number of para-hydroxylation sites is 1. The van der Waals surface area contributed by atoms with E-state index in [0.717, 1.165) is 32.5 Å². The summed E-state index contributed by atoms with van der Waals surface area (Å²) in [7, 11) is 0. The Morgan fingerprint density at radius 3 is 2.31 bits per heavy atom. The van der Waals surface area contributed by atoms with Crippen LogP contribution >= 0.6 is 11.3 Å². The smallest absolute Gasteiger partial charge is 0.206 e. The largest absolute Gasteiger partial charge is 0.361 e. The molecule has 0 bridgehead atoms. The zero-order chi connectivity index (χ0) is 21.9. The molecule has 0 saturated carbocycles. The van der Waals surface area contributed by atoms with E-state index in [1.165, 1.54) is 11.1 Å². The van der Waals surface area contributed by atoms with Gasteiger partial charge in [-0.05, 0) is 31.0 Å². The normalized spacial score (nSPS) is 12.4. The van der Waals surface area contributed by atoms with Crippen molar-refractivity contribution in [3.05, 3.63) is 101 Å². The number of nitrogens with one attached hydrogen (secondary N) is 1. The third-order valence-corrected chi connectivity index (χ3v) is 6.11. The van der Waals surface area contributed by atoms with Crippen LogP contribution in [0.4, 0.5) is 0 Å². The summed E-state index contributed by atoms with van der Waals surface area (Å²) < 4.78 is 1.95. The lowest BCUT2D eigenvalue weighted by Gasteiger charge is -2.06. The van der Waals surface area contributed by atoms with Crippen LogP contribution in [0.25, 0.3) is 33.3 Å². The van der Waals surface area contributed by atoms with Crippen LogP contribution in [0.3, 0.4) is 0 Å². The van der Waals surface area contributed by atoms with Crippen LogP contribution in [0.15, 0.2) is 101 Å². The fourth-order valence-electron chi connectivity index (χ4n) is 3.70. The van der Waals surface area contributed by atoms with Gasteiger partial charge in [-0.2, -0.15) is 5.10 Å². The topological polar surface area (TPSA) is 45.4 Å². The van der Waals surface area contributed by atoms with Crippen molar-refractivity contribution >= 4 is 28.5 Å². The molecule has 1 N–H and O–H groups in total. The van der Waals surface area contributed by atoms with Crippen LogP contribution in [0, 0.1) is 0 Å². The third kappa shape index (κ3) is 4.07. The van der Waals surface area contributed by atoms with Crippen LogP contribution in [-0.2, 0) is 0 Å². The third-order valence-electron chi connectivity index (χ3n) is 5.28. The summed E-state index contributed by atoms with van der Waals surface area (Å²) in [6.45, 7) is 4.17. The maximum Gasteiger partial charge on any atom is 0.206 e. The van der Waals surface area contributed by atoms with Crippen LogP contribution in [0.1, 0.15) is 19.4 Å². The predicted molar refractivity (Wildman–Crippen MR) is 135 cm³/mol. The molecule has 0 amide bonds. The summed E-state index contributed by atoms with van der Waals surface area (Å²) in [5, 5.41) is 8.14. The number of aromatic nitrogens is 2. The van der Waals surface area contributed by atoms with Gasteiger partial charge in [0, 0.05) is 39.6 Å². The second-order valence-electron chi connectivity index (χ2n) is 7.92. The van der Waals surface area contributed by atoms with Crippen LogP contribution in [-0.4, -0.2) is 21.9 Å². The summed E-state index contributed by atoms with van der Waals surface area (Å²) in [5.74, 6) is 0. The van der Waals surface area contributed by atoms with Gasteiger partial charge in [0.2, 0.25) is 4.80 Å². The number of fused-ring (bicyclic) bond motifs is 1. The summed E-state index contributed by atoms with van der Waals surface area (Å²) in [5.41, 5.74) is 6.72. The summed E-state index contributed by atoms with van der Waals surface area (Å²) in [6.07, 6.45) is 3.90. The molecule has 0 radical (unpaired) electrons. The van der Waals surface area contributed by atoms with Gasteiger partial charge in [0.05, 0.1) is 11.9 Å². The number of hydrogen-bond donors (Lipinski definition) is 1. The van der Waals surface area contributed by atoms with E-state index in [4.69, 9.17) is 10.1 Å².